The van der Waals surface area contributed by atoms with Gasteiger partial charge in [-0.05, 0) is 43.4 Å². The summed E-state index contributed by atoms with van der Waals surface area (Å²) in [4.78, 5) is 44.3. The van der Waals surface area contributed by atoms with Crippen molar-refractivity contribution in [1.82, 2.24) is 14.5 Å². The zero-order valence-electron chi connectivity index (χ0n) is 20.0. The van der Waals surface area contributed by atoms with Gasteiger partial charge in [-0.15, -0.1) is 0 Å². The number of fused-ring (bicyclic) bond motifs is 1. The number of carbonyl (C=O) groups excluding carboxylic acids is 1. The van der Waals surface area contributed by atoms with Crippen LogP contribution in [0.2, 0.25) is 0 Å². The maximum atomic E-state index is 13.5. The van der Waals surface area contributed by atoms with E-state index in [-0.39, 0.29) is 49.1 Å². The Morgan fingerprint density at radius 3 is 2.73 bits per heavy atom. The van der Waals surface area contributed by atoms with Gasteiger partial charge in [0.1, 0.15) is 5.82 Å². The normalized spacial score (nSPS) is 15.6. The summed E-state index contributed by atoms with van der Waals surface area (Å²) in [5.74, 6) is -0.151. The van der Waals surface area contributed by atoms with Crippen LogP contribution in [-0.4, -0.2) is 54.2 Å². The zero-order valence-corrected chi connectivity index (χ0v) is 20.0. The average Bonchev–Trinajstić information content (AvgIpc) is 2.78. The lowest BCUT2D eigenvalue weighted by Crippen LogP contribution is -2.46. The van der Waals surface area contributed by atoms with Crippen molar-refractivity contribution in [3.63, 3.8) is 0 Å². The Balaban J connectivity index is 1.92. The second kappa shape index (κ2) is 10.8. The summed E-state index contributed by atoms with van der Waals surface area (Å²) in [6.07, 6.45) is 3.05. The zero-order chi connectivity index (χ0) is 24.1. The van der Waals surface area contributed by atoms with Crippen molar-refractivity contribution in [2.45, 2.75) is 45.7 Å². The van der Waals surface area contributed by atoms with E-state index in [1.807, 2.05) is 37.9 Å². The van der Waals surface area contributed by atoms with Crippen LogP contribution >= 0.6 is 0 Å². The summed E-state index contributed by atoms with van der Waals surface area (Å²) in [7, 11) is 3.45. The van der Waals surface area contributed by atoms with Crippen molar-refractivity contribution in [3.8, 4) is 0 Å². The molecular weight excluding hydrogens is 422 g/mol. The molecule has 0 saturated heterocycles. The van der Waals surface area contributed by atoms with Gasteiger partial charge in [0, 0.05) is 26.2 Å². The van der Waals surface area contributed by atoms with Gasteiger partial charge in [0.05, 0.1) is 13.2 Å². The molecule has 3 N–H and O–H groups in total. The van der Waals surface area contributed by atoms with E-state index in [9.17, 15) is 14.4 Å². The molecule has 0 radical (unpaired) electrons. The number of ether oxygens (including phenoxy) is 1. The van der Waals surface area contributed by atoms with E-state index in [4.69, 9.17) is 10.5 Å². The van der Waals surface area contributed by atoms with E-state index >= 15 is 0 Å². The number of nitrogens with one attached hydrogen (secondary N) is 1. The maximum absolute atomic E-state index is 13.5. The number of aromatic amines is 1. The fraction of sp³-hybridized carbons (Fsp3) is 0.542. The number of likely N-dealkylation sites (N-methyl/N-ethyl adjacent to an activating group) is 1. The van der Waals surface area contributed by atoms with Crippen LogP contribution in [0.4, 0.5) is 11.5 Å². The van der Waals surface area contributed by atoms with Gasteiger partial charge in [-0.1, -0.05) is 38.1 Å². The smallest absolute Gasteiger partial charge is 0.330 e. The van der Waals surface area contributed by atoms with Crippen LogP contribution in [0.3, 0.4) is 0 Å². The molecule has 1 aromatic heterocycles. The number of nitrogens with zero attached hydrogens (tertiary/aromatic N) is 3. The first-order valence-corrected chi connectivity index (χ1v) is 11.4. The molecule has 1 unspecified atom stereocenters. The molecule has 9 nitrogen and oxygen atoms in total. The van der Waals surface area contributed by atoms with Gasteiger partial charge >= 0.3 is 5.69 Å². The minimum Gasteiger partial charge on any atom is -0.383 e. The molecule has 0 bridgehead atoms. The topological polar surface area (TPSA) is 114 Å². The van der Waals surface area contributed by atoms with Crippen LogP contribution in [-0.2, 0) is 22.5 Å². The largest absolute Gasteiger partial charge is 0.383 e. The van der Waals surface area contributed by atoms with Crippen molar-refractivity contribution >= 4 is 17.4 Å². The Hall–Kier alpha value is -2.91. The van der Waals surface area contributed by atoms with Gasteiger partial charge in [0.25, 0.3) is 5.56 Å². The van der Waals surface area contributed by atoms with Gasteiger partial charge in [-0.2, -0.15) is 0 Å². The number of carbonyl (C=O) groups is 1. The molecule has 0 saturated carbocycles. The highest BCUT2D eigenvalue weighted by molar-refractivity contribution is 5.96. The number of methoxy groups -OCH3 is 1. The quantitative estimate of drug-likeness (QED) is 0.593. The summed E-state index contributed by atoms with van der Waals surface area (Å²) < 4.78 is 6.50. The number of aryl methyl sites for hydroxylation is 1. The number of anilines is 2. The highest BCUT2D eigenvalue weighted by Gasteiger charge is 2.29. The van der Waals surface area contributed by atoms with E-state index in [0.29, 0.717) is 6.54 Å². The van der Waals surface area contributed by atoms with Crippen molar-refractivity contribution in [1.29, 1.82) is 0 Å². The summed E-state index contributed by atoms with van der Waals surface area (Å²) in [5, 5.41) is 0. The van der Waals surface area contributed by atoms with Crippen molar-refractivity contribution < 1.29 is 9.53 Å². The lowest BCUT2D eigenvalue weighted by atomic mass is 9.87. The Bertz CT molecular complexity index is 1090. The molecule has 1 heterocycles. The van der Waals surface area contributed by atoms with Gasteiger partial charge in [0.2, 0.25) is 5.91 Å². The Morgan fingerprint density at radius 1 is 1.30 bits per heavy atom. The molecule has 9 heteroatoms. The highest BCUT2D eigenvalue weighted by atomic mass is 16.5. The second-order valence-electron chi connectivity index (χ2n) is 9.06. The Morgan fingerprint density at radius 2 is 2.03 bits per heavy atom. The van der Waals surface area contributed by atoms with E-state index < -0.39 is 11.2 Å². The maximum Gasteiger partial charge on any atom is 0.330 e. The van der Waals surface area contributed by atoms with Crippen LogP contribution in [0.1, 0.15) is 43.9 Å². The van der Waals surface area contributed by atoms with Crippen LogP contribution in [0.15, 0.2) is 33.9 Å². The third-order valence-electron chi connectivity index (χ3n) is 6.11. The third kappa shape index (κ3) is 5.54. The number of nitrogen functional groups attached to an aromatic ring is 1. The first kappa shape index (κ1) is 24.7. The summed E-state index contributed by atoms with van der Waals surface area (Å²) in [6.45, 7) is 4.70. The molecule has 1 atom stereocenters. The van der Waals surface area contributed by atoms with Crippen LogP contribution in [0.25, 0.3) is 0 Å². The molecule has 0 fully saturated rings. The molecule has 3 rings (SSSR count). The van der Waals surface area contributed by atoms with Gasteiger partial charge in [-0.3, -0.25) is 24.0 Å². The van der Waals surface area contributed by atoms with Crippen LogP contribution in [0, 0.1) is 5.92 Å². The third-order valence-corrected chi connectivity index (χ3v) is 6.11. The molecule has 1 aliphatic carbocycles. The summed E-state index contributed by atoms with van der Waals surface area (Å²) in [6, 6.07) is 8.44. The summed E-state index contributed by atoms with van der Waals surface area (Å²) in [5.41, 5.74) is 7.57. The van der Waals surface area contributed by atoms with E-state index in [2.05, 4.69) is 17.1 Å². The molecule has 1 amide bonds. The monoisotopic (exact) mass is 457 g/mol. The highest BCUT2D eigenvalue weighted by Crippen LogP contribution is 2.33. The lowest BCUT2D eigenvalue weighted by molar-refractivity contribution is -0.120. The molecule has 180 valence electrons. The number of aromatic nitrogens is 2. The molecule has 1 aliphatic rings. The van der Waals surface area contributed by atoms with Crippen molar-refractivity contribution in [2.24, 2.45) is 5.92 Å². The average molecular weight is 458 g/mol. The Labute approximate surface area is 194 Å². The van der Waals surface area contributed by atoms with E-state index in [1.165, 1.54) is 27.7 Å². The number of rotatable bonds is 9. The van der Waals surface area contributed by atoms with Gasteiger partial charge in [0.15, 0.2) is 5.69 Å². The van der Waals surface area contributed by atoms with Crippen molar-refractivity contribution in [3.05, 3.63) is 56.2 Å². The molecule has 33 heavy (non-hydrogen) atoms. The van der Waals surface area contributed by atoms with E-state index in [1.54, 1.807) is 0 Å². The predicted molar refractivity (Wildman–Crippen MR) is 130 cm³/mol. The first-order valence-electron chi connectivity index (χ1n) is 11.4. The van der Waals surface area contributed by atoms with Gasteiger partial charge in [-0.25, -0.2) is 4.79 Å². The standard InChI is InChI=1S/C24H35N5O4/c1-16(2)14-29-22(25)21(23(31)26-24(29)32)28(12-13-33-4)20(30)15-27(3)19-11-7-9-17-8-5-6-10-18(17)19/h5-6,8,10,16,19H,7,9,11-15,25H2,1-4H3,(H,26,31,32). The molecule has 1 aromatic carbocycles. The fourth-order valence-corrected chi connectivity index (χ4v) is 4.52. The minimum absolute atomic E-state index is 0.00487. The Kier molecular flexibility index (Phi) is 8.10. The molecular formula is C24H35N5O4. The van der Waals surface area contributed by atoms with Crippen LogP contribution in [0.5, 0.6) is 0 Å². The molecule has 2 aromatic rings. The number of benzene rings is 1. The summed E-state index contributed by atoms with van der Waals surface area (Å²) >= 11 is 0. The number of nitrogens with two attached hydrogens (primary N) is 1. The first-order chi connectivity index (χ1) is 15.7. The predicted octanol–water partition coefficient (Wildman–Crippen LogP) is 1.76. The van der Waals surface area contributed by atoms with Crippen molar-refractivity contribution in [2.75, 3.05) is 44.5 Å². The SMILES string of the molecule is COCCN(C(=O)CN(C)C1CCCc2ccccc21)c1c(N)n(CC(C)C)c(=O)[nH]c1=O. The van der Waals surface area contributed by atoms with Crippen LogP contribution < -0.4 is 21.9 Å². The fourth-order valence-electron chi connectivity index (χ4n) is 4.52. The molecule has 0 spiro atoms. The number of hydrogen-bond donors (Lipinski definition) is 2. The second-order valence-corrected chi connectivity index (χ2v) is 9.06. The molecule has 0 aliphatic heterocycles. The van der Waals surface area contributed by atoms with E-state index in [0.717, 1.165) is 19.3 Å². The number of hydrogen-bond acceptors (Lipinski definition) is 6. The minimum atomic E-state index is -0.673. The van der Waals surface area contributed by atoms with Gasteiger partial charge < -0.3 is 15.4 Å². The lowest BCUT2D eigenvalue weighted by Gasteiger charge is -2.34. The number of amides is 1. The number of H-pyrrole nitrogens is 1.